The fourth-order valence-electron chi connectivity index (χ4n) is 1.79. The first-order chi connectivity index (χ1) is 10.2. The standard InChI is InChI=1S/C17H20N4/c1-18-16-8-4-14(5-9-16)12-19-20-13-15-6-10-17(11-7-15)21(2)3/h4-13,18H,1-3H3/b19-12+,20-13+. The Morgan fingerprint density at radius 2 is 1.29 bits per heavy atom. The number of nitrogens with zero attached hydrogens (tertiary/aromatic N) is 3. The second kappa shape index (κ2) is 7.24. The van der Waals surface area contributed by atoms with E-state index in [1.807, 2.05) is 57.5 Å². The van der Waals surface area contributed by atoms with Gasteiger partial charge in [-0.2, -0.15) is 10.2 Å². The topological polar surface area (TPSA) is 40.0 Å². The molecule has 0 aromatic heterocycles. The minimum absolute atomic E-state index is 1.02. The van der Waals surface area contributed by atoms with Crippen LogP contribution in [0.1, 0.15) is 11.1 Å². The van der Waals surface area contributed by atoms with Crippen LogP contribution in [0.2, 0.25) is 0 Å². The first kappa shape index (κ1) is 14.8. The highest BCUT2D eigenvalue weighted by Gasteiger charge is 1.93. The first-order valence-corrected chi connectivity index (χ1v) is 6.80. The van der Waals surface area contributed by atoms with E-state index in [0.29, 0.717) is 0 Å². The predicted octanol–water partition coefficient (Wildman–Crippen LogP) is 3.25. The SMILES string of the molecule is CNc1ccc(/C=N/N=C/c2ccc(N(C)C)cc2)cc1. The van der Waals surface area contributed by atoms with Gasteiger partial charge in [-0.3, -0.25) is 0 Å². The Balaban J connectivity index is 1.96. The molecule has 0 aliphatic carbocycles. The molecule has 0 fully saturated rings. The molecule has 0 atom stereocenters. The van der Waals surface area contributed by atoms with Gasteiger partial charge in [0.25, 0.3) is 0 Å². The van der Waals surface area contributed by atoms with Crippen LogP contribution in [-0.2, 0) is 0 Å². The molecule has 4 nitrogen and oxygen atoms in total. The molecule has 2 aromatic carbocycles. The predicted molar refractivity (Wildman–Crippen MR) is 91.9 cm³/mol. The number of hydrogen-bond donors (Lipinski definition) is 1. The molecule has 1 N–H and O–H groups in total. The summed E-state index contributed by atoms with van der Waals surface area (Å²) < 4.78 is 0. The third-order valence-electron chi connectivity index (χ3n) is 3.09. The van der Waals surface area contributed by atoms with Gasteiger partial charge in [0.15, 0.2) is 0 Å². The molecule has 0 saturated carbocycles. The number of hydrogen-bond acceptors (Lipinski definition) is 4. The van der Waals surface area contributed by atoms with E-state index in [1.54, 1.807) is 12.4 Å². The highest BCUT2D eigenvalue weighted by atomic mass is 15.2. The summed E-state index contributed by atoms with van der Waals surface area (Å²) in [5.74, 6) is 0. The van der Waals surface area contributed by atoms with Gasteiger partial charge in [0, 0.05) is 32.5 Å². The van der Waals surface area contributed by atoms with E-state index in [9.17, 15) is 0 Å². The zero-order valence-corrected chi connectivity index (χ0v) is 12.6. The van der Waals surface area contributed by atoms with Gasteiger partial charge >= 0.3 is 0 Å². The molecule has 2 rings (SSSR count). The van der Waals surface area contributed by atoms with E-state index in [1.165, 1.54) is 5.69 Å². The third kappa shape index (κ3) is 4.45. The van der Waals surface area contributed by atoms with E-state index < -0.39 is 0 Å². The Kier molecular flexibility index (Phi) is 5.10. The lowest BCUT2D eigenvalue weighted by atomic mass is 10.2. The zero-order valence-electron chi connectivity index (χ0n) is 12.6. The molecule has 2 aromatic rings. The molecule has 0 amide bonds. The van der Waals surface area contributed by atoms with Crippen molar-refractivity contribution >= 4 is 23.8 Å². The Morgan fingerprint density at radius 1 is 0.810 bits per heavy atom. The van der Waals surface area contributed by atoms with Gasteiger partial charge in [-0.05, 0) is 35.4 Å². The van der Waals surface area contributed by atoms with E-state index in [-0.39, 0.29) is 0 Å². The molecule has 0 bridgehead atoms. The van der Waals surface area contributed by atoms with Gasteiger partial charge in [0.2, 0.25) is 0 Å². The van der Waals surface area contributed by atoms with Crippen molar-refractivity contribution in [2.24, 2.45) is 10.2 Å². The molecule has 4 heteroatoms. The lowest BCUT2D eigenvalue weighted by Crippen LogP contribution is -2.08. The van der Waals surface area contributed by atoms with Crippen LogP contribution < -0.4 is 10.2 Å². The van der Waals surface area contributed by atoms with Crippen LogP contribution in [0.4, 0.5) is 11.4 Å². The van der Waals surface area contributed by atoms with Gasteiger partial charge < -0.3 is 10.2 Å². The first-order valence-electron chi connectivity index (χ1n) is 6.80. The summed E-state index contributed by atoms with van der Waals surface area (Å²) in [6, 6.07) is 16.2. The monoisotopic (exact) mass is 280 g/mol. The normalized spacial score (nSPS) is 11.2. The maximum Gasteiger partial charge on any atom is 0.0568 e. The lowest BCUT2D eigenvalue weighted by Gasteiger charge is -2.11. The van der Waals surface area contributed by atoms with Crippen molar-refractivity contribution in [2.45, 2.75) is 0 Å². The van der Waals surface area contributed by atoms with Crippen molar-refractivity contribution < 1.29 is 0 Å². The number of anilines is 2. The molecule has 0 radical (unpaired) electrons. The van der Waals surface area contributed by atoms with Gasteiger partial charge in [-0.1, -0.05) is 24.3 Å². The summed E-state index contributed by atoms with van der Waals surface area (Å²) in [5.41, 5.74) is 4.30. The van der Waals surface area contributed by atoms with E-state index in [4.69, 9.17) is 0 Å². The fraction of sp³-hybridized carbons (Fsp3) is 0.176. The molecular formula is C17H20N4. The Hall–Kier alpha value is -2.62. The maximum absolute atomic E-state index is 4.07. The summed E-state index contributed by atoms with van der Waals surface area (Å²) in [5, 5.41) is 11.2. The van der Waals surface area contributed by atoms with Crippen LogP contribution in [0.5, 0.6) is 0 Å². The van der Waals surface area contributed by atoms with E-state index in [2.05, 4.69) is 32.6 Å². The largest absolute Gasteiger partial charge is 0.388 e. The molecule has 0 heterocycles. The summed E-state index contributed by atoms with van der Waals surface area (Å²) in [6.07, 6.45) is 3.49. The molecule has 0 aliphatic rings. The van der Waals surface area contributed by atoms with Gasteiger partial charge in [-0.25, -0.2) is 0 Å². The van der Waals surface area contributed by atoms with Gasteiger partial charge in [0.1, 0.15) is 0 Å². The lowest BCUT2D eigenvalue weighted by molar-refractivity contribution is 1.13. The number of benzene rings is 2. The van der Waals surface area contributed by atoms with Crippen molar-refractivity contribution in [1.29, 1.82) is 0 Å². The van der Waals surface area contributed by atoms with Crippen LogP contribution in [0.25, 0.3) is 0 Å². The summed E-state index contributed by atoms with van der Waals surface area (Å²) in [7, 11) is 5.94. The Morgan fingerprint density at radius 3 is 1.71 bits per heavy atom. The van der Waals surface area contributed by atoms with Crippen molar-refractivity contribution in [2.75, 3.05) is 31.4 Å². The molecule has 0 unspecified atom stereocenters. The highest BCUT2D eigenvalue weighted by Crippen LogP contribution is 2.11. The molecule has 0 saturated heterocycles. The van der Waals surface area contributed by atoms with Crippen LogP contribution in [0.3, 0.4) is 0 Å². The summed E-state index contributed by atoms with van der Waals surface area (Å²) in [4.78, 5) is 2.06. The highest BCUT2D eigenvalue weighted by molar-refractivity contribution is 5.83. The summed E-state index contributed by atoms with van der Waals surface area (Å²) >= 11 is 0. The second-order valence-electron chi connectivity index (χ2n) is 4.85. The second-order valence-corrected chi connectivity index (χ2v) is 4.85. The number of rotatable bonds is 5. The minimum Gasteiger partial charge on any atom is -0.388 e. The molecule has 0 spiro atoms. The third-order valence-corrected chi connectivity index (χ3v) is 3.09. The van der Waals surface area contributed by atoms with Crippen LogP contribution in [0.15, 0.2) is 58.7 Å². The zero-order chi connectivity index (χ0) is 15.1. The van der Waals surface area contributed by atoms with E-state index >= 15 is 0 Å². The molecule has 0 aliphatic heterocycles. The Labute approximate surface area is 125 Å². The van der Waals surface area contributed by atoms with Crippen molar-refractivity contribution in [3.63, 3.8) is 0 Å². The van der Waals surface area contributed by atoms with Crippen LogP contribution in [0, 0.1) is 0 Å². The average molecular weight is 280 g/mol. The van der Waals surface area contributed by atoms with Crippen molar-refractivity contribution in [3.8, 4) is 0 Å². The summed E-state index contributed by atoms with van der Waals surface area (Å²) in [6.45, 7) is 0. The quantitative estimate of drug-likeness (QED) is 0.674. The maximum atomic E-state index is 4.07. The van der Waals surface area contributed by atoms with Crippen molar-refractivity contribution in [3.05, 3.63) is 59.7 Å². The Bertz CT molecular complexity index is 610. The van der Waals surface area contributed by atoms with Crippen molar-refractivity contribution in [1.82, 2.24) is 0 Å². The van der Waals surface area contributed by atoms with Gasteiger partial charge in [0.05, 0.1) is 12.4 Å². The smallest absolute Gasteiger partial charge is 0.0568 e. The fourth-order valence-corrected chi connectivity index (χ4v) is 1.79. The van der Waals surface area contributed by atoms with E-state index in [0.717, 1.165) is 16.8 Å². The molecule has 108 valence electrons. The number of nitrogens with one attached hydrogen (secondary N) is 1. The van der Waals surface area contributed by atoms with Gasteiger partial charge in [-0.15, -0.1) is 0 Å². The average Bonchev–Trinajstić information content (AvgIpc) is 2.52. The molecule has 21 heavy (non-hydrogen) atoms. The van der Waals surface area contributed by atoms with Crippen LogP contribution >= 0.6 is 0 Å². The minimum atomic E-state index is 1.02. The van der Waals surface area contributed by atoms with Crippen LogP contribution in [-0.4, -0.2) is 33.6 Å². The molecular weight excluding hydrogens is 260 g/mol.